The lowest BCUT2D eigenvalue weighted by molar-refractivity contribution is -0.139. The molecule has 1 atom stereocenters. The van der Waals surface area contributed by atoms with Crippen LogP contribution in [0.15, 0.2) is 0 Å². The molecule has 1 heterocycles. The largest absolute Gasteiger partial charge is 0.480 e. The molecule has 6 nitrogen and oxygen atoms in total. The first-order valence-electron chi connectivity index (χ1n) is 7.05. The molecule has 1 N–H and O–H groups in total. The summed E-state index contributed by atoms with van der Waals surface area (Å²) in [7, 11) is 0. The third-order valence-electron chi connectivity index (χ3n) is 3.27. The van der Waals surface area contributed by atoms with Crippen LogP contribution < -0.4 is 0 Å². The van der Waals surface area contributed by atoms with Gasteiger partial charge in [-0.2, -0.15) is 0 Å². The molecule has 116 valence electrons. The smallest absolute Gasteiger partial charge is 0.410 e. The summed E-state index contributed by atoms with van der Waals surface area (Å²) in [6, 6.07) is 0.216. The Morgan fingerprint density at radius 1 is 1.40 bits per heavy atom. The second-order valence-corrected chi connectivity index (χ2v) is 6.53. The van der Waals surface area contributed by atoms with Crippen LogP contribution in [-0.4, -0.2) is 64.3 Å². The number of ether oxygens (including phenoxy) is 1. The van der Waals surface area contributed by atoms with Crippen molar-refractivity contribution in [2.45, 2.75) is 58.7 Å². The zero-order valence-electron chi connectivity index (χ0n) is 13.0. The molecule has 20 heavy (non-hydrogen) atoms. The number of likely N-dealkylation sites (tertiary alicyclic amines) is 1. The van der Waals surface area contributed by atoms with Gasteiger partial charge < -0.3 is 14.7 Å². The van der Waals surface area contributed by atoms with Gasteiger partial charge in [-0.25, -0.2) is 4.79 Å². The molecule has 0 bridgehead atoms. The maximum absolute atomic E-state index is 12.0. The minimum absolute atomic E-state index is 0.00446. The molecular weight excluding hydrogens is 260 g/mol. The van der Waals surface area contributed by atoms with Crippen molar-refractivity contribution in [3.05, 3.63) is 0 Å². The van der Waals surface area contributed by atoms with Crippen molar-refractivity contribution in [2.24, 2.45) is 0 Å². The minimum Gasteiger partial charge on any atom is -0.480 e. The lowest BCUT2D eigenvalue weighted by atomic mass is 10.1. The molecule has 0 aliphatic carbocycles. The lowest BCUT2D eigenvalue weighted by Crippen LogP contribution is -2.45. The van der Waals surface area contributed by atoms with Gasteiger partial charge in [0.05, 0.1) is 6.54 Å². The fourth-order valence-corrected chi connectivity index (χ4v) is 2.39. The van der Waals surface area contributed by atoms with E-state index in [1.54, 1.807) is 4.90 Å². The molecule has 0 aromatic rings. The van der Waals surface area contributed by atoms with E-state index in [9.17, 15) is 9.59 Å². The maximum atomic E-state index is 12.0. The standard InChI is InChI=1S/C14H26N2O4/c1-10(2)16(9-12(17)18)11-6-7-15(8-11)13(19)20-14(3,4)5/h10-11H,6-9H2,1-5H3,(H,17,18). The molecule has 0 saturated carbocycles. The highest BCUT2D eigenvalue weighted by molar-refractivity contribution is 5.70. The number of carboxylic acid groups (broad SMARTS) is 1. The van der Waals surface area contributed by atoms with E-state index in [1.807, 2.05) is 39.5 Å². The molecule has 6 heteroatoms. The third kappa shape index (κ3) is 5.00. The monoisotopic (exact) mass is 286 g/mol. The third-order valence-corrected chi connectivity index (χ3v) is 3.27. The van der Waals surface area contributed by atoms with Crippen molar-refractivity contribution in [2.75, 3.05) is 19.6 Å². The van der Waals surface area contributed by atoms with Crippen molar-refractivity contribution in [3.8, 4) is 0 Å². The SMILES string of the molecule is CC(C)N(CC(=O)O)C1CCN(C(=O)OC(C)(C)C)C1. The summed E-state index contributed by atoms with van der Waals surface area (Å²) in [5.74, 6) is -0.839. The van der Waals surface area contributed by atoms with Gasteiger partial charge in [0.1, 0.15) is 5.60 Å². The molecule has 0 aromatic heterocycles. The van der Waals surface area contributed by atoms with Crippen molar-refractivity contribution in [1.29, 1.82) is 0 Å². The molecule has 1 aliphatic heterocycles. The normalized spacial score (nSPS) is 19.8. The van der Waals surface area contributed by atoms with Crippen LogP contribution in [0.3, 0.4) is 0 Å². The van der Waals surface area contributed by atoms with E-state index in [-0.39, 0.29) is 24.7 Å². The van der Waals surface area contributed by atoms with Crippen LogP contribution in [0.1, 0.15) is 41.0 Å². The minimum atomic E-state index is -0.839. The lowest BCUT2D eigenvalue weighted by Gasteiger charge is -2.31. The fourth-order valence-electron chi connectivity index (χ4n) is 2.39. The van der Waals surface area contributed by atoms with Crippen LogP contribution in [0.25, 0.3) is 0 Å². The van der Waals surface area contributed by atoms with Gasteiger partial charge in [0, 0.05) is 25.2 Å². The average molecular weight is 286 g/mol. The van der Waals surface area contributed by atoms with Gasteiger partial charge in [0.15, 0.2) is 0 Å². The number of aliphatic carboxylic acids is 1. The number of carboxylic acids is 1. The van der Waals surface area contributed by atoms with E-state index in [4.69, 9.17) is 9.84 Å². The van der Waals surface area contributed by atoms with E-state index in [1.165, 1.54) is 0 Å². The quantitative estimate of drug-likeness (QED) is 0.853. The van der Waals surface area contributed by atoms with Gasteiger partial charge in [-0.1, -0.05) is 0 Å². The fraction of sp³-hybridized carbons (Fsp3) is 0.857. The topological polar surface area (TPSA) is 70.1 Å². The Kier molecular flexibility index (Phi) is 5.39. The number of hydrogen-bond donors (Lipinski definition) is 1. The summed E-state index contributed by atoms with van der Waals surface area (Å²) < 4.78 is 5.34. The summed E-state index contributed by atoms with van der Waals surface area (Å²) in [5.41, 5.74) is -0.506. The van der Waals surface area contributed by atoms with Crippen molar-refractivity contribution < 1.29 is 19.4 Å². The molecule has 1 rings (SSSR count). The molecule has 0 aromatic carbocycles. The molecule has 1 aliphatic rings. The second kappa shape index (κ2) is 6.43. The van der Waals surface area contributed by atoms with Crippen LogP contribution in [0, 0.1) is 0 Å². The predicted molar refractivity (Wildman–Crippen MR) is 75.7 cm³/mol. The Balaban J connectivity index is 2.61. The number of carbonyl (C=O) groups is 2. The average Bonchev–Trinajstić information content (AvgIpc) is 2.71. The molecule has 0 spiro atoms. The molecular formula is C14H26N2O4. The highest BCUT2D eigenvalue weighted by Gasteiger charge is 2.34. The van der Waals surface area contributed by atoms with Crippen LogP contribution in [-0.2, 0) is 9.53 Å². The Morgan fingerprint density at radius 2 is 2.00 bits per heavy atom. The second-order valence-electron chi connectivity index (χ2n) is 6.53. The summed E-state index contributed by atoms with van der Waals surface area (Å²) in [6.07, 6.45) is 0.462. The van der Waals surface area contributed by atoms with E-state index in [0.717, 1.165) is 6.42 Å². The van der Waals surface area contributed by atoms with Crippen molar-refractivity contribution >= 4 is 12.1 Å². The first-order chi connectivity index (χ1) is 9.10. The number of carbonyl (C=O) groups excluding carboxylic acids is 1. The predicted octanol–water partition coefficient (Wildman–Crippen LogP) is 1.79. The highest BCUT2D eigenvalue weighted by Crippen LogP contribution is 2.20. The first kappa shape index (κ1) is 16.8. The van der Waals surface area contributed by atoms with Gasteiger partial charge in [0.2, 0.25) is 0 Å². The number of hydrogen-bond acceptors (Lipinski definition) is 4. The van der Waals surface area contributed by atoms with Crippen molar-refractivity contribution in [1.82, 2.24) is 9.80 Å². The van der Waals surface area contributed by atoms with Gasteiger partial charge in [-0.05, 0) is 41.0 Å². The van der Waals surface area contributed by atoms with E-state index < -0.39 is 11.6 Å². The summed E-state index contributed by atoms with van der Waals surface area (Å²) in [5, 5.41) is 8.97. The zero-order valence-corrected chi connectivity index (χ0v) is 13.0. The molecule has 1 amide bonds. The van der Waals surface area contributed by atoms with Crippen LogP contribution >= 0.6 is 0 Å². The molecule has 0 radical (unpaired) electrons. The Bertz CT molecular complexity index is 363. The molecule has 1 unspecified atom stereocenters. The van der Waals surface area contributed by atoms with Crippen LogP contribution in [0.2, 0.25) is 0 Å². The van der Waals surface area contributed by atoms with E-state index in [2.05, 4.69) is 0 Å². The summed E-state index contributed by atoms with van der Waals surface area (Å²) in [4.78, 5) is 26.5. The summed E-state index contributed by atoms with van der Waals surface area (Å²) >= 11 is 0. The van der Waals surface area contributed by atoms with Gasteiger partial charge >= 0.3 is 12.1 Å². The van der Waals surface area contributed by atoms with Crippen LogP contribution in [0.4, 0.5) is 4.79 Å². The number of amides is 1. The number of nitrogens with zero attached hydrogens (tertiary/aromatic N) is 2. The Hall–Kier alpha value is -1.30. The van der Waals surface area contributed by atoms with Gasteiger partial charge in [-0.15, -0.1) is 0 Å². The van der Waals surface area contributed by atoms with Gasteiger partial charge in [-0.3, -0.25) is 9.69 Å². The summed E-state index contributed by atoms with van der Waals surface area (Å²) in [6.45, 7) is 10.6. The van der Waals surface area contributed by atoms with Gasteiger partial charge in [0.25, 0.3) is 0 Å². The molecule has 1 fully saturated rings. The Labute approximate surface area is 120 Å². The van der Waals surface area contributed by atoms with E-state index >= 15 is 0 Å². The van der Waals surface area contributed by atoms with Crippen molar-refractivity contribution in [3.63, 3.8) is 0 Å². The zero-order chi connectivity index (χ0) is 15.5. The number of rotatable bonds is 4. The first-order valence-corrected chi connectivity index (χ1v) is 7.05. The highest BCUT2D eigenvalue weighted by atomic mass is 16.6. The van der Waals surface area contributed by atoms with E-state index in [0.29, 0.717) is 13.1 Å². The molecule has 1 saturated heterocycles. The Morgan fingerprint density at radius 3 is 2.45 bits per heavy atom. The maximum Gasteiger partial charge on any atom is 0.410 e. The van der Waals surface area contributed by atoms with Crippen LogP contribution in [0.5, 0.6) is 0 Å².